The van der Waals surface area contributed by atoms with Crippen molar-refractivity contribution in [3.63, 3.8) is 0 Å². The van der Waals surface area contributed by atoms with Gasteiger partial charge in [0.2, 0.25) is 29.5 Å². The number of rotatable bonds is 19. The Labute approximate surface area is 385 Å². The van der Waals surface area contributed by atoms with Crippen LogP contribution in [0.1, 0.15) is 61.0 Å². The lowest BCUT2D eigenvalue weighted by Crippen LogP contribution is -2.59. The second kappa shape index (κ2) is 25.1. The predicted octanol–water partition coefficient (Wildman–Crippen LogP) is -1.23. The summed E-state index contributed by atoms with van der Waals surface area (Å²) in [5.74, 6) is -5.97. The zero-order valence-electron chi connectivity index (χ0n) is 36.6. The number of hydrazone groups is 1. The molecule has 67 heavy (non-hydrogen) atoms. The van der Waals surface area contributed by atoms with Crippen LogP contribution in [-0.2, 0) is 45.3 Å². The van der Waals surface area contributed by atoms with Gasteiger partial charge in [-0.25, -0.2) is 4.98 Å². The lowest BCUT2D eigenvalue weighted by molar-refractivity contribution is -0.141. The molecule has 3 aromatic rings. The van der Waals surface area contributed by atoms with E-state index in [9.17, 15) is 51.6 Å². The molecule has 0 spiro atoms. The summed E-state index contributed by atoms with van der Waals surface area (Å²) in [6, 6.07) is 9.85. The average Bonchev–Trinajstić information content (AvgIpc) is 3.27. The summed E-state index contributed by atoms with van der Waals surface area (Å²) in [6.07, 6.45) is 2.25. The van der Waals surface area contributed by atoms with Gasteiger partial charge < -0.3 is 53.2 Å². The van der Waals surface area contributed by atoms with Gasteiger partial charge in [-0.15, -0.1) is 0 Å². The molecule has 1 aliphatic heterocycles. The van der Waals surface area contributed by atoms with Gasteiger partial charge in [0.25, 0.3) is 16.0 Å². The van der Waals surface area contributed by atoms with E-state index >= 15 is 0 Å². The fraction of sp³-hybridized carbons (Fsp3) is 0.381. The predicted molar refractivity (Wildman–Crippen MR) is 242 cm³/mol. The van der Waals surface area contributed by atoms with Crippen molar-refractivity contribution in [1.29, 1.82) is 0 Å². The SMILES string of the molecule is CC(C)[C@H]1NC(=O)C(CCCN=C(N)N)NC(=O)CNC(=O)[C@@H](CC(=O)O)NC(=O)[C@@H](Cc2ccc(OCCCNC(=O)c3ccc(N/N=C/c4ccccc4S(=O)(=O)O)nc3)cc2)NC1=O. The molecule has 0 radical (unpaired) electrons. The van der Waals surface area contributed by atoms with E-state index in [4.69, 9.17) is 16.2 Å². The zero-order chi connectivity index (χ0) is 49.1. The highest BCUT2D eigenvalue weighted by atomic mass is 32.2. The second-order valence-corrected chi connectivity index (χ2v) is 16.7. The summed E-state index contributed by atoms with van der Waals surface area (Å²) in [5.41, 5.74) is 14.3. The van der Waals surface area contributed by atoms with Crippen LogP contribution in [0.2, 0.25) is 0 Å². The monoisotopic (exact) mass is 950 g/mol. The maximum atomic E-state index is 13.8. The molecule has 0 aliphatic carbocycles. The highest BCUT2D eigenvalue weighted by molar-refractivity contribution is 7.86. The third-order valence-electron chi connectivity index (χ3n) is 9.76. The fourth-order valence-electron chi connectivity index (χ4n) is 6.33. The number of carbonyl (C=O) groups excluding carboxylic acids is 6. The molecule has 4 rings (SSSR count). The summed E-state index contributed by atoms with van der Waals surface area (Å²) in [5, 5.41) is 28.7. The van der Waals surface area contributed by atoms with Crippen LogP contribution in [0, 0.1) is 5.92 Å². The molecule has 2 aromatic carbocycles. The van der Waals surface area contributed by atoms with E-state index in [1.165, 1.54) is 42.7 Å². The number of amides is 6. The Bertz CT molecular complexity index is 2410. The molecule has 4 atom stereocenters. The van der Waals surface area contributed by atoms with E-state index in [-0.39, 0.29) is 66.8 Å². The van der Waals surface area contributed by atoms with E-state index in [0.717, 1.165) is 0 Å². The van der Waals surface area contributed by atoms with E-state index < -0.39 is 94.6 Å². The quantitative estimate of drug-likeness (QED) is 0.0220. The van der Waals surface area contributed by atoms with Gasteiger partial charge in [0, 0.05) is 31.3 Å². The number of ether oxygens (including phenoxy) is 1. The van der Waals surface area contributed by atoms with E-state index in [0.29, 0.717) is 17.7 Å². The number of aliphatic imine (C=N–C) groups is 1. The van der Waals surface area contributed by atoms with Crippen molar-refractivity contribution in [2.24, 2.45) is 27.5 Å². The molecule has 25 heteroatoms. The van der Waals surface area contributed by atoms with Gasteiger partial charge in [0.05, 0.1) is 31.4 Å². The molecule has 1 unspecified atom stereocenters. The minimum atomic E-state index is -4.45. The van der Waals surface area contributed by atoms with Crippen molar-refractivity contribution in [2.45, 2.75) is 75.0 Å². The first-order chi connectivity index (χ1) is 31.8. The molecule has 1 fully saturated rings. The Hall–Kier alpha value is -7.67. The molecule has 2 heterocycles. The first-order valence-corrected chi connectivity index (χ1v) is 22.3. The summed E-state index contributed by atoms with van der Waals surface area (Å²) in [4.78, 5) is 99.1. The molecule has 0 bridgehead atoms. The van der Waals surface area contributed by atoms with Crippen molar-refractivity contribution in [3.05, 3.63) is 83.6 Å². The van der Waals surface area contributed by atoms with Gasteiger partial charge in [-0.3, -0.25) is 48.5 Å². The highest BCUT2D eigenvalue weighted by Gasteiger charge is 2.34. The number of aromatic nitrogens is 1. The lowest BCUT2D eigenvalue weighted by Gasteiger charge is -2.27. The number of hydrogen-bond donors (Lipinski definition) is 11. The maximum absolute atomic E-state index is 13.8. The second-order valence-electron chi connectivity index (χ2n) is 15.4. The number of nitrogens with zero attached hydrogens (tertiary/aromatic N) is 3. The van der Waals surface area contributed by atoms with Crippen LogP contribution < -0.4 is 53.5 Å². The fourth-order valence-corrected chi connectivity index (χ4v) is 7.00. The number of carboxylic acid groups (broad SMARTS) is 1. The molecule has 360 valence electrons. The summed E-state index contributed by atoms with van der Waals surface area (Å²) < 4.78 is 38.3. The average molecular weight is 951 g/mol. The molecule has 1 saturated heterocycles. The van der Waals surface area contributed by atoms with E-state index in [2.05, 4.69) is 52.4 Å². The Kier molecular flexibility index (Phi) is 19.5. The van der Waals surface area contributed by atoms with Gasteiger partial charge in [-0.1, -0.05) is 44.2 Å². The van der Waals surface area contributed by atoms with Gasteiger partial charge >= 0.3 is 5.97 Å². The lowest BCUT2D eigenvalue weighted by atomic mass is 9.99. The van der Waals surface area contributed by atoms with Gasteiger partial charge in [-0.05, 0) is 61.1 Å². The van der Waals surface area contributed by atoms with E-state index in [1.54, 1.807) is 44.2 Å². The van der Waals surface area contributed by atoms with Crippen molar-refractivity contribution in [3.8, 4) is 5.75 Å². The molecule has 13 N–H and O–H groups in total. The van der Waals surface area contributed by atoms with Crippen LogP contribution in [0.15, 0.2) is 81.8 Å². The number of carboxylic acids is 1. The van der Waals surface area contributed by atoms with Gasteiger partial charge in [-0.2, -0.15) is 13.5 Å². The molecular weight excluding hydrogens is 897 g/mol. The Morgan fingerprint density at radius 2 is 1.60 bits per heavy atom. The summed E-state index contributed by atoms with van der Waals surface area (Å²) in [7, 11) is -4.45. The minimum absolute atomic E-state index is 0.0473. The number of benzene rings is 2. The Balaban J connectivity index is 1.36. The minimum Gasteiger partial charge on any atom is -0.494 e. The first kappa shape index (κ1) is 52.0. The van der Waals surface area contributed by atoms with Crippen molar-refractivity contribution in [1.82, 2.24) is 36.9 Å². The van der Waals surface area contributed by atoms with Gasteiger partial charge in [0.1, 0.15) is 40.6 Å². The largest absolute Gasteiger partial charge is 0.494 e. The van der Waals surface area contributed by atoms with Crippen molar-refractivity contribution in [2.75, 3.05) is 31.7 Å². The number of anilines is 1. The van der Waals surface area contributed by atoms with Gasteiger partial charge in [0.15, 0.2) is 5.96 Å². The highest BCUT2D eigenvalue weighted by Crippen LogP contribution is 2.16. The number of aliphatic carboxylic acids is 1. The number of pyridine rings is 1. The summed E-state index contributed by atoms with van der Waals surface area (Å²) in [6.45, 7) is 3.25. The Morgan fingerprint density at radius 1 is 0.896 bits per heavy atom. The van der Waals surface area contributed by atoms with Crippen molar-refractivity contribution >= 4 is 69.5 Å². The van der Waals surface area contributed by atoms with Crippen LogP contribution in [0.3, 0.4) is 0 Å². The summed E-state index contributed by atoms with van der Waals surface area (Å²) >= 11 is 0. The molecule has 24 nitrogen and oxygen atoms in total. The van der Waals surface area contributed by atoms with Crippen LogP contribution in [0.4, 0.5) is 5.82 Å². The smallest absolute Gasteiger partial charge is 0.305 e. The number of carbonyl (C=O) groups is 7. The third-order valence-corrected chi connectivity index (χ3v) is 10.7. The molecule has 6 amide bonds. The third kappa shape index (κ3) is 17.3. The number of nitrogens with two attached hydrogens (primary N) is 2. The maximum Gasteiger partial charge on any atom is 0.305 e. The topological polar surface area (TPSA) is 377 Å². The van der Waals surface area contributed by atoms with Crippen LogP contribution >= 0.6 is 0 Å². The standard InChI is InChI=1S/C42H54N12O12S/c1-24(2)36-41(62)52-30(40(61)51-31(20-35(56)57)38(59)48-23-34(55)50-29(39(60)53-36)8-5-16-46-42(43)44)19-25-10-13-28(14-11-25)66-18-6-17-45-37(58)27-12-15-33(47-21-27)54-49-22-26-7-3-4-9-32(26)67(63,64)65/h3-4,7,9-15,21-22,24,29-31,36H,5-6,8,16-20,23H2,1-2H3,(H,45,58)(H,47,54)(H,48,59)(H,50,55)(H,51,61)(H,52,62)(H,53,60)(H,56,57)(H4,43,44,46)(H,63,64,65)/b49-22+/t29?,30-,31-,36-/m1/s1. The number of nitrogens with one attached hydrogen (secondary N) is 7. The number of guanidine groups is 1. The number of hydrogen-bond acceptors (Lipinski definition) is 14. The van der Waals surface area contributed by atoms with Crippen LogP contribution in [0.25, 0.3) is 0 Å². The Morgan fingerprint density at radius 3 is 2.25 bits per heavy atom. The van der Waals surface area contributed by atoms with Crippen LogP contribution in [-0.4, -0.2) is 127 Å². The van der Waals surface area contributed by atoms with E-state index in [1.807, 2.05) is 0 Å². The first-order valence-electron chi connectivity index (χ1n) is 20.9. The van der Waals surface area contributed by atoms with Crippen LogP contribution in [0.5, 0.6) is 5.75 Å². The molecule has 1 aromatic heterocycles. The molecular formula is C42H54N12O12S. The molecule has 1 aliphatic rings. The normalized spacial score (nSPS) is 18.5. The zero-order valence-corrected chi connectivity index (χ0v) is 37.4. The van der Waals surface area contributed by atoms with Crippen molar-refractivity contribution < 1.29 is 56.4 Å². The molecule has 0 saturated carbocycles.